The van der Waals surface area contributed by atoms with Gasteiger partial charge >= 0.3 is 5.00 Å². The molecule has 5 heteroatoms. The highest BCUT2D eigenvalue weighted by molar-refractivity contribution is 7.13. The van der Waals surface area contributed by atoms with Crippen LogP contribution in [0.3, 0.4) is 0 Å². The van der Waals surface area contributed by atoms with Crippen molar-refractivity contribution in [2.45, 2.75) is 19.9 Å². The van der Waals surface area contributed by atoms with Crippen molar-refractivity contribution in [1.82, 2.24) is 5.32 Å². The summed E-state index contributed by atoms with van der Waals surface area (Å²) in [4.78, 5) is 10.0. The van der Waals surface area contributed by atoms with E-state index in [4.69, 9.17) is 0 Å². The Morgan fingerprint density at radius 3 is 3.07 bits per heavy atom. The molecule has 1 heterocycles. The average molecular weight is 224 g/mol. The van der Waals surface area contributed by atoms with Crippen LogP contribution in [0.5, 0.6) is 0 Å². The molecule has 0 saturated carbocycles. The van der Waals surface area contributed by atoms with Gasteiger partial charge in [-0.1, -0.05) is 11.3 Å². The summed E-state index contributed by atoms with van der Waals surface area (Å²) in [6.45, 7) is 3.28. The van der Waals surface area contributed by atoms with Gasteiger partial charge in [-0.2, -0.15) is 0 Å². The molecule has 1 rings (SSSR count). The van der Waals surface area contributed by atoms with Crippen molar-refractivity contribution < 1.29 is 4.92 Å². The smallest absolute Gasteiger partial charge is 0.312 e. The Morgan fingerprint density at radius 2 is 2.47 bits per heavy atom. The number of hydrogen-bond donors (Lipinski definition) is 1. The Labute approximate surface area is 92.5 Å². The van der Waals surface area contributed by atoms with Crippen LogP contribution in [0, 0.1) is 22.0 Å². The van der Waals surface area contributed by atoms with Crippen LogP contribution in [0.25, 0.3) is 0 Å². The summed E-state index contributed by atoms with van der Waals surface area (Å²) in [5.41, 5.74) is 0.955. The largest absolute Gasteiger partial charge is 0.324 e. The fourth-order valence-electron chi connectivity index (χ4n) is 1.06. The van der Waals surface area contributed by atoms with Crippen molar-refractivity contribution in [1.29, 1.82) is 0 Å². The van der Waals surface area contributed by atoms with Gasteiger partial charge in [0.2, 0.25) is 0 Å². The second kappa shape index (κ2) is 6.17. The number of nitrogens with one attached hydrogen (secondary N) is 1. The zero-order chi connectivity index (χ0) is 11.1. The van der Waals surface area contributed by atoms with Gasteiger partial charge in [0.1, 0.15) is 0 Å². The van der Waals surface area contributed by atoms with Gasteiger partial charge in [-0.25, -0.2) is 0 Å². The van der Waals surface area contributed by atoms with Gasteiger partial charge in [-0.3, -0.25) is 10.1 Å². The molecule has 0 amide bonds. The SMILES string of the molecule is CC#CCCNCc1csc([N+](=O)[O-])c1. The topological polar surface area (TPSA) is 55.2 Å². The van der Waals surface area contributed by atoms with E-state index < -0.39 is 0 Å². The molecule has 1 N–H and O–H groups in total. The fourth-order valence-corrected chi connectivity index (χ4v) is 1.79. The lowest BCUT2D eigenvalue weighted by atomic mass is 10.3. The third kappa shape index (κ3) is 4.11. The fraction of sp³-hybridized carbons (Fsp3) is 0.400. The minimum absolute atomic E-state index is 0.195. The third-order valence-corrected chi connectivity index (χ3v) is 2.68. The lowest BCUT2D eigenvalue weighted by Gasteiger charge is -1.97. The maximum Gasteiger partial charge on any atom is 0.324 e. The number of rotatable bonds is 5. The zero-order valence-electron chi connectivity index (χ0n) is 8.45. The number of nitrogens with zero attached hydrogens (tertiary/aromatic N) is 1. The van der Waals surface area contributed by atoms with Gasteiger partial charge in [0.05, 0.1) is 4.92 Å². The van der Waals surface area contributed by atoms with E-state index in [9.17, 15) is 10.1 Å². The van der Waals surface area contributed by atoms with Crippen LogP contribution in [-0.4, -0.2) is 11.5 Å². The molecule has 0 aromatic carbocycles. The van der Waals surface area contributed by atoms with E-state index >= 15 is 0 Å². The highest BCUT2D eigenvalue weighted by Gasteiger charge is 2.08. The van der Waals surface area contributed by atoms with Gasteiger partial charge in [-0.05, 0) is 12.5 Å². The Balaban J connectivity index is 2.30. The van der Waals surface area contributed by atoms with Gasteiger partial charge in [-0.15, -0.1) is 11.8 Å². The minimum Gasteiger partial charge on any atom is -0.312 e. The summed E-state index contributed by atoms with van der Waals surface area (Å²) in [6, 6.07) is 1.60. The van der Waals surface area contributed by atoms with Gasteiger partial charge in [0.25, 0.3) is 0 Å². The Bertz CT molecular complexity index is 390. The lowest BCUT2D eigenvalue weighted by molar-refractivity contribution is -0.380. The second-order valence-electron chi connectivity index (χ2n) is 2.90. The Morgan fingerprint density at radius 1 is 1.67 bits per heavy atom. The van der Waals surface area contributed by atoms with Gasteiger partial charge < -0.3 is 5.32 Å². The number of hydrogen-bond acceptors (Lipinski definition) is 4. The monoisotopic (exact) mass is 224 g/mol. The van der Waals surface area contributed by atoms with Crippen molar-refractivity contribution in [3.63, 3.8) is 0 Å². The molecule has 0 spiro atoms. The van der Waals surface area contributed by atoms with E-state index in [1.54, 1.807) is 11.4 Å². The summed E-state index contributed by atoms with van der Waals surface area (Å²) in [7, 11) is 0. The molecule has 80 valence electrons. The van der Waals surface area contributed by atoms with Crippen molar-refractivity contribution in [2.75, 3.05) is 6.54 Å². The lowest BCUT2D eigenvalue weighted by Crippen LogP contribution is -2.13. The van der Waals surface area contributed by atoms with E-state index in [-0.39, 0.29) is 9.92 Å². The van der Waals surface area contributed by atoms with Crippen LogP contribution >= 0.6 is 11.3 Å². The van der Waals surface area contributed by atoms with Crippen LogP contribution in [0.1, 0.15) is 18.9 Å². The van der Waals surface area contributed by atoms with Crippen molar-refractivity contribution in [3.05, 3.63) is 27.1 Å². The zero-order valence-corrected chi connectivity index (χ0v) is 9.26. The molecule has 4 nitrogen and oxygen atoms in total. The first-order chi connectivity index (χ1) is 7.24. The first-order valence-corrected chi connectivity index (χ1v) is 5.44. The maximum atomic E-state index is 10.4. The third-order valence-electron chi connectivity index (χ3n) is 1.75. The Hall–Kier alpha value is -1.38. The highest BCUT2D eigenvalue weighted by Crippen LogP contribution is 2.22. The predicted octanol–water partition coefficient (Wildman–Crippen LogP) is 2.16. The minimum atomic E-state index is -0.364. The molecular formula is C10H12N2O2S. The van der Waals surface area contributed by atoms with Crippen LogP contribution in [0.2, 0.25) is 0 Å². The normalized spacial score (nSPS) is 9.40. The standard InChI is InChI=1S/C10H12N2O2S/c1-2-3-4-5-11-7-9-6-10(12(13)14)15-8-9/h6,8,11H,4-5,7H2,1H3. The molecule has 1 aromatic rings. The summed E-state index contributed by atoms with van der Waals surface area (Å²) < 4.78 is 0. The molecule has 0 aliphatic carbocycles. The number of thiophene rings is 1. The van der Waals surface area contributed by atoms with E-state index in [2.05, 4.69) is 17.2 Å². The van der Waals surface area contributed by atoms with Gasteiger partial charge in [0, 0.05) is 31.0 Å². The van der Waals surface area contributed by atoms with Crippen LogP contribution in [0.15, 0.2) is 11.4 Å². The summed E-state index contributed by atoms with van der Waals surface area (Å²) in [6.07, 6.45) is 0.808. The average Bonchev–Trinajstić information content (AvgIpc) is 2.66. The molecule has 0 radical (unpaired) electrons. The molecule has 0 unspecified atom stereocenters. The van der Waals surface area contributed by atoms with Crippen LogP contribution in [0.4, 0.5) is 5.00 Å². The second-order valence-corrected chi connectivity index (χ2v) is 3.79. The quantitative estimate of drug-likeness (QED) is 0.361. The van der Waals surface area contributed by atoms with E-state index in [0.29, 0.717) is 6.54 Å². The molecule has 15 heavy (non-hydrogen) atoms. The van der Waals surface area contributed by atoms with Crippen LogP contribution < -0.4 is 5.32 Å². The molecule has 0 saturated heterocycles. The molecule has 0 aliphatic rings. The summed E-state index contributed by atoms with van der Waals surface area (Å²) >= 11 is 1.16. The molecule has 0 fully saturated rings. The molecule has 1 aromatic heterocycles. The molecule has 0 bridgehead atoms. The van der Waals surface area contributed by atoms with Gasteiger partial charge in [0.15, 0.2) is 0 Å². The predicted molar refractivity (Wildman–Crippen MR) is 60.7 cm³/mol. The summed E-state index contributed by atoms with van der Waals surface area (Å²) in [5, 5.41) is 15.6. The van der Waals surface area contributed by atoms with Crippen molar-refractivity contribution in [2.24, 2.45) is 0 Å². The van der Waals surface area contributed by atoms with E-state index in [0.717, 1.165) is 29.9 Å². The van der Waals surface area contributed by atoms with Crippen molar-refractivity contribution >= 4 is 16.3 Å². The van der Waals surface area contributed by atoms with Crippen molar-refractivity contribution in [3.8, 4) is 11.8 Å². The molecule has 0 atom stereocenters. The van der Waals surface area contributed by atoms with Crippen LogP contribution in [-0.2, 0) is 6.54 Å². The molecular weight excluding hydrogens is 212 g/mol. The number of nitro groups is 1. The molecule has 0 aliphatic heterocycles. The summed E-state index contributed by atoms with van der Waals surface area (Å²) in [5.74, 6) is 5.75. The van der Waals surface area contributed by atoms with E-state index in [1.165, 1.54) is 0 Å². The first-order valence-electron chi connectivity index (χ1n) is 4.56. The maximum absolute atomic E-state index is 10.4. The van der Waals surface area contributed by atoms with E-state index in [1.807, 2.05) is 6.92 Å². The highest BCUT2D eigenvalue weighted by atomic mass is 32.1. The first kappa shape index (κ1) is 11.7. The Kier molecular flexibility index (Phi) is 4.81.